The molecule has 1 aromatic rings. The minimum atomic E-state index is -0.228. The van der Waals surface area contributed by atoms with Crippen molar-refractivity contribution in [2.75, 3.05) is 14.2 Å². The van der Waals surface area contributed by atoms with Gasteiger partial charge in [-0.25, -0.2) is 4.39 Å². The van der Waals surface area contributed by atoms with E-state index in [0.717, 1.165) is 11.5 Å². The number of benzene rings is 1. The zero-order valence-electron chi connectivity index (χ0n) is 13.2. The van der Waals surface area contributed by atoms with Crippen LogP contribution in [0.25, 0.3) is 0 Å². The zero-order chi connectivity index (χ0) is 15.1. The fourth-order valence-electron chi connectivity index (χ4n) is 2.65. The van der Waals surface area contributed by atoms with Crippen molar-refractivity contribution in [2.45, 2.75) is 44.9 Å². The van der Waals surface area contributed by atoms with Gasteiger partial charge in [0.05, 0.1) is 6.61 Å². The molecule has 0 aromatic heterocycles. The Labute approximate surface area is 148 Å². The van der Waals surface area contributed by atoms with Gasteiger partial charge in [0.2, 0.25) is 0 Å². The average molecular weight is 421 g/mol. The van der Waals surface area contributed by atoms with Crippen molar-refractivity contribution in [3.05, 3.63) is 35.1 Å². The summed E-state index contributed by atoms with van der Waals surface area (Å²) in [5, 5.41) is 6.70. The minimum absolute atomic E-state index is 0. The van der Waals surface area contributed by atoms with Gasteiger partial charge in [-0.15, -0.1) is 24.0 Å². The van der Waals surface area contributed by atoms with Gasteiger partial charge < -0.3 is 15.4 Å². The highest BCUT2D eigenvalue weighted by atomic mass is 127. The maximum atomic E-state index is 13.6. The Balaban J connectivity index is 0.00000242. The third-order valence-corrected chi connectivity index (χ3v) is 3.79. The molecular weight excluding hydrogens is 396 g/mol. The van der Waals surface area contributed by atoms with Crippen LogP contribution < -0.4 is 10.6 Å². The number of aliphatic imine (C=N–C) groups is 1. The molecule has 0 amide bonds. The molecule has 0 radical (unpaired) electrons. The molecule has 0 unspecified atom stereocenters. The average Bonchev–Trinajstić information content (AvgIpc) is 2.99. The summed E-state index contributed by atoms with van der Waals surface area (Å²) in [5.41, 5.74) is 1.59. The van der Waals surface area contributed by atoms with E-state index in [1.54, 1.807) is 20.2 Å². The molecule has 2 rings (SSSR count). The molecule has 0 bridgehead atoms. The summed E-state index contributed by atoms with van der Waals surface area (Å²) in [6.07, 6.45) is 4.98. The van der Waals surface area contributed by atoms with E-state index in [2.05, 4.69) is 15.6 Å². The summed E-state index contributed by atoms with van der Waals surface area (Å²) in [6, 6.07) is 5.62. The molecule has 0 spiro atoms. The molecule has 1 aliphatic carbocycles. The predicted molar refractivity (Wildman–Crippen MR) is 98.1 cm³/mol. The van der Waals surface area contributed by atoms with Gasteiger partial charge >= 0.3 is 0 Å². The molecule has 1 fully saturated rings. The van der Waals surface area contributed by atoms with Gasteiger partial charge in [-0.1, -0.05) is 18.9 Å². The number of guanidine groups is 1. The second-order valence-electron chi connectivity index (χ2n) is 5.41. The third kappa shape index (κ3) is 5.72. The van der Waals surface area contributed by atoms with E-state index in [4.69, 9.17) is 4.74 Å². The molecule has 4 nitrogen and oxygen atoms in total. The smallest absolute Gasteiger partial charge is 0.191 e. The maximum absolute atomic E-state index is 13.6. The van der Waals surface area contributed by atoms with E-state index < -0.39 is 0 Å². The molecule has 1 saturated carbocycles. The van der Waals surface area contributed by atoms with Gasteiger partial charge in [-0.05, 0) is 30.5 Å². The lowest BCUT2D eigenvalue weighted by Gasteiger charge is -2.17. The lowest BCUT2D eigenvalue weighted by Crippen LogP contribution is -2.41. The number of methoxy groups -OCH3 is 1. The Hall–Kier alpha value is -0.890. The van der Waals surface area contributed by atoms with Crippen molar-refractivity contribution >= 4 is 29.9 Å². The fraction of sp³-hybridized carbons (Fsp3) is 0.562. The topological polar surface area (TPSA) is 45.7 Å². The highest BCUT2D eigenvalue weighted by molar-refractivity contribution is 14.0. The van der Waals surface area contributed by atoms with Crippen LogP contribution in [-0.2, 0) is 17.9 Å². The highest BCUT2D eigenvalue weighted by Gasteiger charge is 2.15. The molecule has 0 atom stereocenters. The number of rotatable bonds is 5. The highest BCUT2D eigenvalue weighted by Crippen LogP contribution is 2.17. The second-order valence-corrected chi connectivity index (χ2v) is 5.41. The van der Waals surface area contributed by atoms with Gasteiger partial charge in [-0.3, -0.25) is 4.99 Å². The van der Waals surface area contributed by atoms with Crippen molar-refractivity contribution in [3.63, 3.8) is 0 Å². The Morgan fingerprint density at radius 3 is 2.73 bits per heavy atom. The van der Waals surface area contributed by atoms with Gasteiger partial charge in [-0.2, -0.15) is 0 Å². The van der Waals surface area contributed by atoms with Crippen LogP contribution in [0.4, 0.5) is 4.39 Å². The monoisotopic (exact) mass is 421 g/mol. The van der Waals surface area contributed by atoms with Crippen molar-refractivity contribution in [1.82, 2.24) is 10.6 Å². The van der Waals surface area contributed by atoms with Crippen molar-refractivity contribution < 1.29 is 9.13 Å². The quantitative estimate of drug-likeness (QED) is 0.436. The van der Waals surface area contributed by atoms with Crippen LogP contribution in [0.5, 0.6) is 0 Å². The fourth-order valence-corrected chi connectivity index (χ4v) is 2.65. The van der Waals surface area contributed by atoms with Gasteiger partial charge in [0.25, 0.3) is 0 Å². The largest absolute Gasteiger partial charge is 0.380 e. The summed E-state index contributed by atoms with van der Waals surface area (Å²) in [5.74, 6) is 0.577. The Bertz CT molecular complexity index is 490. The first-order valence-electron chi connectivity index (χ1n) is 7.46. The maximum Gasteiger partial charge on any atom is 0.191 e. The van der Waals surface area contributed by atoms with Crippen LogP contribution in [0.15, 0.2) is 23.2 Å². The molecule has 0 saturated heterocycles. The molecule has 124 valence electrons. The lowest BCUT2D eigenvalue weighted by molar-refractivity contribution is 0.181. The van der Waals surface area contributed by atoms with Gasteiger partial charge in [0.15, 0.2) is 5.96 Å². The molecule has 0 aliphatic heterocycles. The van der Waals surface area contributed by atoms with Crippen molar-refractivity contribution in [2.24, 2.45) is 4.99 Å². The Morgan fingerprint density at radius 1 is 1.36 bits per heavy atom. The van der Waals surface area contributed by atoms with Crippen LogP contribution in [0, 0.1) is 5.82 Å². The van der Waals surface area contributed by atoms with Gasteiger partial charge in [0.1, 0.15) is 5.82 Å². The Morgan fingerprint density at radius 2 is 2.09 bits per heavy atom. The molecule has 0 heterocycles. The molecule has 1 aromatic carbocycles. The zero-order valence-corrected chi connectivity index (χ0v) is 15.5. The van der Waals surface area contributed by atoms with Crippen LogP contribution in [0.3, 0.4) is 0 Å². The predicted octanol–water partition coefficient (Wildman–Crippen LogP) is 3.20. The van der Waals surface area contributed by atoms with Gasteiger partial charge in [0, 0.05) is 32.3 Å². The number of nitrogens with zero attached hydrogens (tertiary/aromatic N) is 1. The minimum Gasteiger partial charge on any atom is -0.380 e. The molecule has 22 heavy (non-hydrogen) atoms. The standard InChI is InChI=1S/C16H24FN3O.HI/c1-18-16(20-14-5-3-4-6-14)19-10-12-7-8-15(17)13(9-12)11-21-2;/h7-9,14H,3-6,10-11H2,1-2H3,(H2,18,19,20);1H. The number of hydrogen-bond donors (Lipinski definition) is 2. The third-order valence-electron chi connectivity index (χ3n) is 3.79. The van der Waals surface area contributed by atoms with E-state index in [1.807, 2.05) is 6.07 Å². The van der Waals surface area contributed by atoms with Crippen LogP contribution in [-0.4, -0.2) is 26.2 Å². The summed E-state index contributed by atoms with van der Waals surface area (Å²) in [7, 11) is 3.34. The normalized spacial score (nSPS) is 15.5. The second kappa shape index (κ2) is 9.99. The van der Waals surface area contributed by atoms with Crippen LogP contribution >= 0.6 is 24.0 Å². The van der Waals surface area contributed by atoms with E-state index in [9.17, 15) is 4.39 Å². The summed E-state index contributed by atoms with van der Waals surface area (Å²) in [4.78, 5) is 4.24. The number of hydrogen-bond acceptors (Lipinski definition) is 2. The van der Waals surface area contributed by atoms with E-state index in [1.165, 1.54) is 31.7 Å². The summed E-state index contributed by atoms with van der Waals surface area (Å²) in [6.45, 7) is 0.901. The summed E-state index contributed by atoms with van der Waals surface area (Å²) >= 11 is 0. The molecular formula is C16H25FIN3O. The first-order chi connectivity index (χ1) is 10.2. The van der Waals surface area contributed by atoms with Crippen LogP contribution in [0.2, 0.25) is 0 Å². The number of halogens is 2. The van der Waals surface area contributed by atoms with E-state index in [0.29, 0.717) is 18.2 Å². The summed E-state index contributed by atoms with van der Waals surface area (Å²) < 4.78 is 18.6. The number of ether oxygens (including phenoxy) is 1. The molecule has 1 aliphatic rings. The number of nitrogens with one attached hydrogen (secondary N) is 2. The first kappa shape index (κ1) is 19.2. The first-order valence-corrected chi connectivity index (χ1v) is 7.46. The van der Waals surface area contributed by atoms with E-state index >= 15 is 0 Å². The molecule has 2 N–H and O–H groups in total. The lowest BCUT2D eigenvalue weighted by atomic mass is 10.1. The van der Waals surface area contributed by atoms with E-state index in [-0.39, 0.29) is 36.4 Å². The Kier molecular flexibility index (Phi) is 8.70. The van der Waals surface area contributed by atoms with Crippen molar-refractivity contribution in [3.8, 4) is 0 Å². The SMILES string of the molecule is CN=C(NCc1ccc(F)c(COC)c1)NC1CCCC1.I. The van der Waals surface area contributed by atoms with Crippen LogP contribution in [0.1, 0.15) is 36.8 Å². The molecule has 6 heteroatoms. The van der Waals surface area contributed by atoms with Crippen molar-refractivity contribution in [1.29, 1.82) is 0 Å².